The molecule has 0 aromatic heterocycles. The predicted molar refractivity (Wildman–Crippen MR) is 117 cm³/mol. The van der Waals surface area contributed by atoms with Gasteiger partial charge in [0.05, 0.1) is 12.0 Å². The summed E-state index contributed by atoms with van der Waals surface area (Å²) < 4.78 is 38.6. The van der Waals surface area contributed by atoms with Gasteiger partial charge in [-0.25, -0.2) is 4.79 Å². The van der Waals surface area contributed by atoms with Crippen LogP contribution in [-0.2, 0) is 26.4 Å². The number of thioether (sulfide) groups is 1. The highest BCUT2D eigenvalue weighted by Gasteiger charge is 2.06. The monoisotopic (exact) mass is 446 g/mol. The van der Waals surface area contributed by atoms with Gasteiger partial charge < -0.3 is 9.47 Å². The molecule has 0 saturated carbocycles. The highest BCUT2D eigenvalue weighted by Crippen LogP contribution is 2.20. The third-order valence-electron chi connectivity index (χ3n) is 3.71. The molecule has 0 aliphatic carbocycles. The van der Waals surface area contributed by atoms with Crippen molar-refractivity contribution in [2.24, 2.45) is 0 Å². The van der Waals surface area contributed by atoms with Crippen LogP contribution in [0.15, 0.2) is 89.8 Å². The third-order valence-corrected chi connectivity index (χ3v) is 5.66. The van der Waals surface area contributed by atoms with Crippen molar-refractivity contribution < 1.29 is 27.2 Å². The molecular weight excluding hydrogens is 424 g/mol. The number of benzene rings is 3. The fourth-order valence-corrected chi connectivity index (χ4v) is 3.70. The molecule has 0 heterocycles. The molecule has 0 aliphatic heterocycles. The Morgan fingerprint density at radius 3 is 1.80 bits per heavy atom. The highest BCUT2D eigenvalue weighted by atomic mass is 32.2. The molecule has 158 valence electrons. The van der Waals surface area contributed by atoms with Crippen molar-refractivity contribution in [3.05, 3.63) is 96.1 Å². The maximum Gasteiger partial charge on any atom is 0.513 e. The fraction of sp³-hybridized carbons (Fsp3) is 0.136. The maximum absolute atomic E-state index is 10.9. The second kappa shape index (κ2) is 12.0. The van der Waals surface area contributed by atoms with Crippen molar-refractivity contribution in [1.82, 2.24) is 0 Å². The number of hydrogen-bond donors (Lipinski definition) is 1. The molecule has 3 aromatic carbocycles. The van der Waals surface area contributed by atoms with Crippen LogP contribution in [0.2, 0.25) is 0 Å². The Hall–Kier alpha value is -2.81. The summed E-state index contributed by atoms with van der Waals surface area (Å²) in [5.74, 6) is 2.41. The zero-order valence-corrected chi connectivity index (χ0v) is 17.9. The van der Waals surface area contributed by atoms with Crippen LogP contribution in [0.5, 0.6) is 5.75 Å². The Morgan fingerprint density at radius 1 is 0.833 bits per heavy atom. The molecule has 0 amide bonds. The summed E-state index contributed by atoms with van der Waals surface area (Å²) >= 11 is 1.85. The molecule has 0 aliphatic rings. The Labute approximate surface area is 180 Å². The van der Waals surface area contributed by atoms with E-state index in [-0.39, 0.29) is 4.90 Å². The van der Waals surface area contributed by atoms with Gasteiger partial charge in [0.1, 0.15) is 5.75 Å². The van der Waals surface area contributed by atoms with Gasteiger partial charge in [-0.05, 0) is 35.4 Å². The van der Waals surface area contributed by atoms with Crippen molar-refractivity contribution in [1.29, 1.82) is 0 Å². The molecular formula is C22H22O6S2. The smallest absolute Gasteiger partial charge is 0.437 e. The Morgan fingerprint density at radius 2 is 1.33 bits per heavy atom. The first kappa shape index (κ1) is 23.5. The second-order valence-electron chi connectivity index (χ2n) is 5.97. The molecule has 0 saturated heterocycles. The van der Waals surface area contributed by atoms with Crippen LogP contribution >= 0.6 is 11.8 Å². The lowest BCUT2D eigenvalue weighted by atomic mass is 10.2. The number of carbonyl (C=O) groups is 1. The van der Waals surface area contributed by atoms with Crippen LogP contribution in [0, 0.1) is 0 Å². The summed E-state index contributed by atoms with van der Waals surface area (Å²) in [6.45, 7) is 0. The van der Waals surface area contributed by atoms with E-state index in [0.717, 1.165) is 11.5 Å². The van der Waals surface area contributed by atoms with Crippen LogP contribution in [-0.4, -0.2) is 26.2 Å². The molecule has 0 atom stereocenters. The van der Waals surface area contributed by atoms with Gasteiger partial charge in [0.15, 0.2) is 0 Å². The Kier molecular flexibility index (Phi) is 9.40. The van der Waals surface area contributed by atoms with Crippen LogP contribution in [0.3, 0.4) is 0 Å². The first-order valence-corrected chi connectivity index (χ1v) is 11.5. The first-order valence-electron chi connectivity index (χ1n) is 8.87. The molecule has 30 heavy (non-hydrogen) atoms. The van der Waals surface area contributed by atoms with Crippen LogP contribution in [0.4, 0.5) is 4.79 Å². The van der Waals surface area contributed by atoms with Gasteiger partial charge in [0.25, 0.3) is 10.1 Å². The first-order chi connectivity index (χ1) is 14.4. The molecule has 3 aromatic rings. The van der Waals surface area contributed by atoms with Crippen molar-refractivity contribution in [3.63, 3.8) is 0 Å². The lowest BCUT2D eigenvalue weighted by Gasteiger charge is -2.05. The van der Waals surface area contributed by atoms with E-state index in [1.54, 1.807) is 30.3 Å². The van der Waals surface area contributed by atoms with E-state index in [9.17, 15) is 13.2 Å². The predicted octanol–water partition coefficient (Wildman–Crippen LogP) is 5.20. The van der Waals surface area contributed by atoms with E-state index in [2.05, 4.69) is 29.0 Å². The van der Waals surface area contributed by atoms with Crippen molar-refractivity contribution in [2.75, 3.05) is 7.11 Å². The molecule has 0 bridgehead atoms. The minimum Gasteiger partial charge on any atom is -0.437 e. The lowest BCUT2D eigenvalue weighted by Crippen LogP contribution is -2.06. The second-order valence-corrected chi connectivity index (χ2v) is 8.37. The molecule has 0 radical (unpaired) electrons. The number of ether oxygens (including phenoxy) is 2. The average Bonchev–Trinajstić information content (AvgIpc) is 2.76. The molecule has 3 rings (SSSR count). The lowest BCUT2D eigenvalue weighted by molar-refractivity contribution is 0.121. The minimum atomic E-state index is -4.00. The SMILES string of the molecule is COC(=O)Oc1ccc(CSCc2ccccc2)cc1.O=S(=O)(O)c1ccccc1. The summed E-state index contributed by atoms with van der Waals surface area (Å²) in [4.78, 5) is 10.9. The van der Waals surface area contributed by atoms with Crippen molar-refractivity contribution in [2.45, 2.75) is 16.4 Å². The standard InChI is InChI=1S/C16H16O3S.C6H6O3S/c1-18-16(17)19-15-9-7-14(8-10-15)12-20-11-13-5-3-2-4-6-13;7-10(8,9)6-4-2-1-3-5-6/h2-10H,11-12H2,1H3;1-5H,(H,7,8,9). The number of methoxy groups -OCH3 is 1. The van der Waals surface area contributed by atoms with Crippen molar-refractivity contribution in [3.8, 4) is 5.75 Å². The molecule has 8 heteroatoms. The van der Waals surface area contributed by atoms with E-state index < -0.39 is 16.3 Å². The van der Waals surface area contributed by atoms with Gasteiger partial charge in [-0.3, -0.25) is 4.55 Å². The number of rotatable bonds is 6. The van der Waals surface area contributed by atoms with E-state index in [0.29, 0.717) is 5.75 Å². The summed E-state index contributed by atoms with van der Waals surface area (Å²) in [5, 5.41) is 0. The zero-order chi connectivity index (χ0) is 21.8. The molecule has 0 spiro atoms. The Balaban J connectivity index is 0.000000269. The zero-order valence-electron chi connectivity index (χ0n) is 16.3. The normalized spacial score (nSPS) is 10.5. The van der Waals surface area contributed by atoms with E-state index in [1.165, 1.54) is 30.4 Å². The van der Waals surface area contributed by atoms with E-state index in [4.69, 9.17) is 9.29 Å². The van der Waals surface area contributed by atoms with Crippen molar-refractivity contribution >= 4 is 28.0 Å². The molecule has 1 N–H and O–H groups in total. The number of hydrogen-bond acceptors (Lipinski definition) is 6. The summed E-state index contributed by atoms with van der Waals surface area (Å²) in [6.07, 6.45) is -0.698. The van der Waals surface area contributed by atoms with E-state index >= 15 is 0 Å². The largest absolute Gasteiger partial charge is 0.513 e. The van der Waals surface area contributed by atoms with E-state index in [1.807, 2.05) is 30.0 Å². The summed E-state index contributed by atoms with van der Waals surface area (Å²) in [7, 11) is -2.71. The Bertz CT molecular complexity index is 1000. The van der Waals surface area contributed by atoms with Crippen LogP contribution < -0.4 is 4.74 Å². The fourth-order valence-electron chi connectivity index (χ4n) is 2.25. The minimum absolute atomic E-state index is 0.0741. The van der Waals surface area contributed by atoms with Gasteiger partial charge in [0, 0.05) is 11.5 Å². The van der Waals surface area contributed by atoms with Gasteiger partial charge in [-0.15, -0.1) is 0 Å². The molecule has 6 nitrogen and oxygen atoms in total. The summed E-state index contributed by atoms with van der Waals surface area (Å²) in [5.41, 5.74) is 2.52. The quantitative estimate of drug-likeness (QED) is 0.316. The van der Waals surface area contributed by atoms with Gasteiger partial charge in [-0.2, -0.15) is 20.2 Å². The third kappa shape index (κ3) is 8.69. The number of carbonyl (C=O) groups excluding carboxylic acids is 1. The molecule has 0 unspecified atom stereocenters. The maximum atomic E-state index is 10.9. The van der Waals surface area contributed by atoms with Gasteiger partial charge in [0.2, 0.25) is 0 Å². The highest BCUT2D eigenvalue weighted by molar-refractivity contribution is 7.97. The molecule has 0 fully saturated rings. The van der Waals surface area contributed by atoms with Gasteiger partial charge in [-0.1, -0.05) is 60.7 Å². The topological polar surface area (TPSA) is 89.9 Å². The van der Waals surface area contributed by atoms with Crippen LogP contribution in [0.25, 0.3) is 0 Å². The average molecular weight is 447 g/mol. The van der Waals surface area contributed by atoms with Gasteiger partial charge >= 0.3 is 6.16 Å². The summed E-state index contributed by atoms with van der Waals surface area (Å²) in [6, 6.07) is 25.3. The van der Waals surface area contributed by atoms with Crippen LogP contribution in [0.1, 0.15) is 11.1 Å².